The highest BCUT2D eigenvalue weighted by atomic mass is 19.4. The molecule has 0 bridgehead atoms. The maximum absolute atomic E-state index is 12.5. The zero-order valence-corrected chi connectivity index (χ0v) is 10.7. The number of amides is 1. The molecule has 6 heteroatoms. The third-order valence-corrected chi connectivity index (χ3v) is 2.44. The lowest BCUT2D eigenvalue weighted by Crippen LogP contribution is -2.40. The first-order valence-corrected chi connectivity index (χ1v) is 5.92. The number of nitrogens with zero attached hydrogens (tertiary/aromatic N) is 1. The average molecular weight is 274 g/mol. The van der Waals surface area contributed by atoms with Crippen LogP contribution < -0.4 is 5.73 Å². The van der Waals surface area contributed by atoms with Crippen LogP contribution in [0, 0.1) is 0 Å². The van der Waals surface area contributed by atoms with E-state index < -0.39 is 24.7 Å². The van der Waals surface area contributed by atoms with Crippen LogP contribution in [0.4, 0.5) is 13.2 Å². The molecule has 1 aromatic carbocycles. The van der Waals surface area contributed by atoms with Crippen LogP contribution in [0.1, 0.15) is 18.9 Å². The minimum absolute atomic E-state index is 0.0636. The summed E-state index contributed by atoms with van der Waals surface area (Å²) < 4.78 is 37.4. The van der Waals surface area contributed by atoms with Crippen molar-refractivity contribution in [1.82, 2.24) is 4.90 Å². The lowest BCUT2D eigenvalue weighted by atomic mass is 10.2. The van der Waals surface area contributed by atoms with Crippen molar-refractivity contribution in [2.24, 2.45) is 5.73 Å². The number of hydrogen-bond donors (Lipinski definition) is 1. The van der Waals surface area contributed by atoms with Gasteiger partial charge < -0.3 is 10.6 Å². The maximum atomic E-state index is 12.5. The highest BCUT2D eigenvalue weighted by Crippen LogP contribution is 2.19. The molecule has 19 heavy (non-hydrogen) atoms. The average Bonchev–Trinajstić information content (AvgIpc) is 2.26. The second-order valence-electron chi connectivity index (χ2n) is 4.53. The molecule has 0 aromatic heterocycles. The lowest BCUT2D eigenvalue weighted by Gasteiger charge is -2.24. The summed E-state index contributed by atoms with van der Waals surface area (Å²) in [5.74, 6) is -0.587. The van der Waals surface area contributed by atoms with Gasteiger partial charge in [0.15, 0.2) is 0 Å². The molecule has 0 aliphatic heterocycles. The third kappa shape index (κ3) is 6.24. The van der Waals surface area contributed by atoms with E-state index in [0.29, 0.717) is 5.56 Å². The molecule has 2 N–H and O–H groups in total. The molecule has 0 heterocycles. The Hall–Kier alpha value is -1.56. The van der Waals surface area contributed by atoms with Crippen LogP contribution in [0.15, 0.2) is 30.3 Å². The molecule has 1 amide bonds. The van der Waals surface area contributed by atoms with Gasteiger partial charge in [0.25, 0.3) is 0 Å². The van der Waals surface area contributed by atoms with E-state index in [9.17, 15) is 18.0 Å². The fraction of sp³-hybridized carbons (Fsp3) is 0.462. The number of alkyl halides is 3. The number of carbonyl (C=O) groups is 1. The van der Waals surface area contributed by atoms with Crippen LogP contribution in [0.2, 0.25) is 0 Å². The Balaban J connectivity index is 2.77. The van der Waals surface area contributed by atoms with E-state index in [-0.39, 0.29) is 13.0 Å². The molecule has 0 fully saturated rings. The summed E-state index contributed by atoms with van der Waals surface area (Å²) in [7, 11) is 0. The smallest absolute Gasteiger partial charge is 0.329 e. The van der Waals surface area contributed by atoms with Gasteiger partial charge in [-0.15, -0.1) is 0 Å². The molecule has 0 saturated carbocycles. The quantitative estimate of drug-likeness (QED) is 0.895. The predicted octanol–water partition coefficient (Wildman–Crippen LogP) is 2.31. The van der Waals surface area contributed by atoms with Crippen LogP contribution in [-0.4, -0.2) is 29.6 Å². The molecule has 0 aliphatic rings. The van der Waals surface area contributed by atoms with Crippen LogP contribution in [0.5, 0.6) is 0 Å². The van der Waals surface area contributed by atoms with Crippen LogP contribution in [-0.2, 0) is 11.3 Å². The Kier molecular flexibility index (Phi) is 5.35. The fourth-order valence-electron chi connectivity index (χ4n) is 1.66. The number of hydrogen-bond acceptors (Lipinski definition) is 2. The van der Waals surface area contributed by atoms with E-state index in [4.69, 9.17) is 5.73 Å². The first-order chi connectivity index (χ1) is 8.78. The van der Waals surface area contributed by atoms with Crippen molar-refractivity contribution in [2.75, 3.05) is 6.54 Å². The molecule has 0 radical (unpaired) electrons. The van der Waals surface area contributed by atoms with Gasteiger partial charge in [0.05, 0.1) is 0 Å². The van der Waals surface area contributed by atoms with Gasteiger partial charge in [0.2, 0.25) is 5.91 Å². The topological polar surface area (TPSA) is 46.3 Å². The molecule has 1 atom stereocenters. The summed E-state index contributed by atoms with van der Waals surface area (Å²) in [6, 6.07) is 8.11. The van der Waals surface area contributed by atoms with E-state index >= 15 is 0 Å². The third-order valence-electron chi connectivity index (χ3n) is 2.44. The standard InChI is InChI=1S/C13H17F3N2O/c1-10(17)7-12(19)18(9-13(14,15)16)8-11-5-3-2-4-6-11/h2-6,10H,7-9,17H2,1H3. The van der Waals surface area contributed by atoms with Crippen molar-refractivity contribution in [3.63, 3.8) is 0 Å². The summed E-state index contributed by atoms with van der Waals surface area (Å²) in [4.78, 5) is 12.6. The minimum Gasteiger partial charge on any atom is -0.329 e. The molecular weight excluding hydrogens is 257 g/mol. The summed E-state index contributed by atoms with van der Waals surface area (Å²) in [6.45, 7) is 0.269. The van der Waals surface area contributed by atoms with Gasteiger partial charge in [-0.25, -0.2) is 0 Å². The predicted molar refractivity (Wildman–Crippen MR) is 66.2 cm³/mol. The molecular formula is C13H17F3N2O. The highest BCUT2D eigenvalue weighted by molar-refractivity contribution is 5.76. The zero-order chi connectivity index (χ0) is 14.5. The molecule has 1 unspecified atom stereocenters. The molecule has 0 aliphatic carbocycles. The van der Waals surface area contributed by atoms with Crippen LogP contribution in [0.25, 0.3) is 0 Å². The van der Waals surface area contributed by atoms with E-state index in [2.05, 4.69) is 0 Å². The van der Waals surface area contributed by atoms with Gasteiger partial charge in [-0.3, -0.25) is 4.79 Å². The first-order valence-electron chi connectivity index (χ1n) is 5.92. The van der Waals surface area contributed by atoms with Gasteiger partial charge >= 0.3 is 6.18 Å². The highest BCUT2D eigenvalue weighted by Gasteiger charge is 2.33. The Morgan fingerprint density at radius 2 is 1.89 bits per heavy atom. The molecule has 3 nitrogen and oxygen atoms in total. The summed E-state index contributed by atoms with van der Waals surface area (Å²) in [6.07, 6.45) is -4.51. The Labute approximate surface area is 110 Å². The number of rotatable bonds is 5. The van der Waals surface area contributed by atoms with Gasteiger partial charge in [0, 0.05) is 19.0 Å². The Morgan fingerprint density at radius 3 is 2.37 bits per heavy atom. The SMILES string of the molecule is CC(N)CC(=O)N(Cc1ccccc1)CC(F)(F)F. The van der Waals surface area contributed by atoms with Crippen molar-refractivity contribution in [3.8, 4) is 0 Å². The number of halogens is 3. The van der Waals surface area contributed by atoms with E-state index in [0.717, 1.165) is 4.90 Å². The van der Waals surface area contributed by atoms with Gasteiger partial charge in [-0.05, 0) is 12.5 Å². The Morgan fingerprint density at radius 1 is 1.32 bits per heavy atom. The summed E-state index contributed by atoms with van der Waals surface area (Å²) in [5, 5.41) is 0. The van der Waals surface area contributed by atoms with Crippen LogP contribution in [0.3, 0.4) is 0 Å². The van der Waals surface area contributed by atoms with Crippen molar-refractivity contribution in [3.05, 3.63) is 35.9 Å². The fourth-order valence-corrected chi connectivity index (χ4v) is 1.66. The largest absolute Gasteiger partial charge is 0.406 e. The normalized spacial score (nSPS) is 13.1. The van der Waals surface area contributed by atoms with E-state index in [1.165, 1.54) is 0 Å². The summed E-state index contributed by atoms with van der Waals surface area (Å²) >= 11 is 0. The molecule has 0 spiro atoms. The van der Waals surface area contributed by atoms with Crippen molar-refractivity contribution < 1.29 is 18.0 Å². The molecule has 106 valence electrons. The number of nitrogens with two attached hydrogens (primary N) is 1. The van der Waals surface area contributed by atoms with Gasteiger partial charge in [-0.1, -0.05) is 30.3 Å². The summed E-state index contributed by atoms with van der Waals surface area (Å²) in [5.41, 5.74) is 6.12. The first kappa shape index (κ1) is 15.5. The number of carbonyl (C=O) groups excluding carboxylic acids is 1. The second kappa shape index (κ2) is 6.56. The molecule has 1 aromatic rings. The maximum Gasteiger partial charge on any atom is 0.406 e. The van der Waals surface area contributed by atoms with Gasteiger partial charge in [-0.2, -0.15) is 13.2 Å². The van der Waals surface area contributed by atoms with Crippen LogP contribution >= 0.6 is 0 Å². The molecule has 1 rings (SSSR count). The van der Waals surface area contributed by atoms with E-state index in [1.54, 1.807) is 37.3 Å². The van der Waals surface area contributed by atoms with E-state index in [1.807, 2.05) is 0 Å². The second-order valence-corrected chi connectivity index (χ2v) is 4.53. The zero-order valence-electron chi connectivity index (χ0n) is 10.7. The van der Waals surface area contributed by atoms with Crippen molar-refractivity contribution in [2.45, 2.75) is 32.1 Å². The minimum atomic E-state index is -4.41. The molecule has 0 saturated heterocycles. The number of benzene rings is 1. The van der Waals surface area contributed by atoms with Crippen molar-refractivity contribution in [1.29, 1.82) is 0 Å². The van der Waals surface area contributed by atoms with Gasteiger partial charge in [0.1, 0.15) is 6.54 Å². The Bertz CT molecular complexity index is 404. The lowest BCUT2D eigenvalue weighted by molar-refractivity contribution is -0.162. The monoisotopic (exact) mass is 274 g/mol. The van der Waals surface area contributed by atoms with Crippen molar-refractivity contribution >= 4 is 5.91 Å².